The van der Waals surface area contributed by atoms with Crippen molar-refractivity contribution in [2.75, 3.05) is 20.1 Å². The molecule has 2 N–H and O–H groups in total. The van der Waals surface area contributed by atoms with Crippen LogP contribution in [0.25, 0.3) is 0 Å². The maximum Gasteiger partial charge on any atom is 0.00637 e. The fourth-order valence-corrected chi connectivity index (χ4v) is 1.36. The maximum absolute atomic E-state index is 5.43. The lowest BCUT2D eigenvalue weighted by Gasteiger charge is -2.23. The molecule has 0 saturated carbocycles. The molecule has 0 aliphatic heterocycles. The molecule has 0 aromatic rings. The van der Waals surface area contributed by atoms with Crippen molar-refractivity contribution in [3.8, 4) is 0 Å². The molecule has 0 amide bonds. The summed E-state index contributed by atoms with van der Waals surface area (Å²) >= 11 is 0. The van der Waals surface area contributed by atoms with Gasteiger partial charge < -0.3 is 10.6 Å². The first-order valence-electron chi connectivity index (χ1n) is 5.12. The van der Waals surface area contributed by atoms with Gasteiger partial charge in [0.05, 0.1) is 0 Å². The van der Waals surface area contributed by atoms with Gasteiger partial charge in [0, 0.05) is 6.04 Å². The Bertz CT molecular complexity index is 93.8. The summed E-state index contributed by atoms with van der Waals surface area (Å²) in [5.74, 6) is 0. The van der Waals surface area contributed by atoms with Crippen molar-refractivity contribution in [3.63, 3.8) is 0 Å². The third-order valence-corrected chi connectivity index (χ3v) is 2.42. The van der Waals surface area contributed by atoms with Crippen LogP contribution in [-0.2, 0) is 0 Å². The number of nitrogens with zero attached hydrogens (tertiary/aromatic N) is 1. The molecular weight excluding hydrogens is 148 g/mol. The van der Waals surface area contributed by atoms with E-state index >= 15 is 0 Å². The van der Waals surface area contributed by atoms with Gasteiger partial charge >= 0.3 is 0 Å². The lowest BCUT2D eigenvalue weighted by atomic mass is 10.1. The van der Waals surface area contributed by atoms with E-state index in [0.29, 0.717) is 0 Å². The van der Waals surface area contributed by atoms with Gasteiger partial charge in [-0.3, -0.25) is 0 Å². The Labute approximate surface area is 77.1 Å². The molecule has 0 spiro atoms. The van der Waals surface area contributed by atoms with Crippen LogP contribution in [0.3, 0.4) is 0 Å². The topological polar surface area (TPSA) is 29.3 Å². The average Bonchev–Trinajstić information content (AvgIpc) is 2.05. The number of nitrogens with two attached hydrogens (primary N) is 1. The molecule has 0 aromatic heterocycles. The van der Waals surface area contributed by atoms with Crippen molar-refractivity contribution in [1.82, 2.24) is 4.90 Å². The summed E-state index contributed by atoms with van der Waals surface area (Å²) in [5.41, 5.74) is 5.43. The predicted molar refractivity (Wildman–Crippen MR) is 55.3 cm³/mol. The number of unbranched alkanes of at least 4 members (excludes halogenated alkanes) is 1. The summed E-state index contributed by atoms with van der Waals surface area (Å²) in [7, 11) is 2.21. The molecule has 0 aromatic carbocycles. The fraction of sp³-hybridized carbons (Fsp3) is 1.00. The van der Waals surface area contributed by atoms with Crippen LogP contribution in [0, 0.1) is 0 Å². The van der Waals surface area contributed by atoms with E-state index in [9.17, 15) is 0 Å². The molecule has 0 radical (unpaired) electrons. The first-order chi connectivity index (χ1) is 5.72. The van der Waals surface area contributed by atoms with E-state index in [2.05, 4.69) is 25.8 Å². The van der Waals surface area contributed by atoms with Gasteiger partial charge in [0.25, 0.3) is 0 Å². The molecule has 0 aliphatic rings. The highest BCUT2D eigenvalue weighted by Crippen LogP contribution is 2.04. The predicted octanol–water partition coefficient (Wildman–Crippen LogP) is 1.85. The van der Waals surface area contributed by atoms with E-state index in [1.807, 2.05) is 0 Å². The summed E-state index contributed by atoms with van der Waals surface area (Å²) < 4.78 is 0. The van der Waals surface area contributed by atoms with Crippen LogP contribution >= 0.6 is 0 Å². The van der Waals surface area contributed by atoms with Crippen molar-refractivity contribution in [2.24, 2.45) is 5.73 Å². The third kappa shape index (κ3) is 5.56. The first-order valence-corrected chi connectivity index (χ1v) is 5.12. The average molecular weight is 172 g/mol. The van der Waals surface area contributed by atoms with Gasteiger partial charge in [-0.2, -0.15) is 0 Å². The van der Waals surface area contributed by atoms with Crippen LogP contribution in [0.15, 0.2) is 0 Å². The molecule has 0 aliphatic carbocycles. The van der Waals surface area contributed by atoms with Gasteiger partial charge in [0.1, 0.15) is 0 Å². The van der Waals surface area contributed by atoms with Gasteiger partial charge in [-0.1, -0.05) is 13.3 Å². The normalized spacial score (nSPS) is 13.8. The molecule has 2 heteroatoms. The quantitative estimate of drug-likeness (QED) is 0.594. The monoisotopic (exact) mass is 172 g/mol. The first kappa shape index (κ1) is 11.9. The molecule has 1 unspecified atom stereocenters. The molecule has 1 atom stereocenters. The Kier molecular flexibility index (Phi) is 7.51. The van der Waals surface area contributed by atoms with E-state index in [0.717, 1.165) is 19.0 Å². The molecule has 74 valence electrons. The molecule has 0 heterocycles. The molecule has 0 bridgehead atoms. The van der Waals surface area contributed by atoms with Gasteiger partial charge in [0.15, 0.2) is 0 Å². The molecule has 12 heavy (non-hydrogen) atoms. The Morgan fingerprint density at radius 3 is 2.50 bits per heavy atom. The highest BCUT2D eigenvalue weighted by Gasteiger charge is 2.06. The van der Waals surface area contributed by atoms with Crippen molar-refractivity contribution < 1.29 is 0 Å². The molecule has 0 rings (SSSR count). The zero-order valence-corrected chi connectivity index (χ0v) is 8.84. The minimum Gasteiger partial charge on any atom is -0.330 e. The lowest BCUT2D eigenvalue weighted by Crippen LogP contribution is -2.30. The number of hydrogen-bond donors (Lipinski definition) is 1. The summed E-state index contributed by atoms with van der Waals surface area (Å²) in [6, 6.07) is 0.729. The zero-order valence-electron chi connectivity index (χ0n) is 8.84. The van der Waals surface area contributed by atoms with Crippen LogP contribution in [0.4, 0.5) is 0 Å². The highest BCUT2D eigenvalue weighted by molar-refractivity contribution is 4.62. The van der Waals surface area contributed by atoms with E-state index in [1.54, 1.807) is 0 Å². The standard InChI is InChI=1S/C10H24N2/c1-4-7-10(2)12(3)9-6-5-8-11/h10H,4-9,11H2,1-3H3. The second-order valence-electron chi connectivity index (χ2n) is 3.61. The largest absolute Gasteiger partial charge is 0.330 e. The number of rotatable bonds is 7. The van der Waals surface area contributed by atoms with Crippen LogP contribution in [0.2, 0.25) is 0 Å². The summed E-state index contributed by atoms with van der Waals surface area (Å²) in [5, 5.41) is 0. The van der Waals surface area contributed by atoms with Crippen LogP contribution in [-0.4, -0.2) is 31.1 Å². The van der Waals surface area contributed by atoms with Gasteiger partial charge in [-0.25, -0.2) is 0 Å². The lowest BCUT2D eigenvalue weighted by molar-refractivity contribution is 0.241. The molecule has 0 fully saturated rings. The van der Waals surface area contributed by atoms with E-state index in [-0.39, 0.29) is 0 Å². The van der Waals surface area contributed by atoms with E-state index in [4.69, 9.17) is 5.73 Å². The van der Waals surface area contributed by atoms with Crippen molar-refractivity contribution >= 4 is 0 Å². The Hall–Kier alpha value is -0.0800. The summed E-state index contributed by atoms with van der Waals surface area (Å²) in [4.78, 5) is 2.43. The van der Waals surface area contributed by atoms with Crippen molar-refractivity contribution in [3.05, 3.63) is 0 Å². The summed E-state index contributed by atoms with van der Waals surface area (Å²) in [6.45, 7) is 6.56. The minimum atomic E-state index is 0.729. The van der Waals surface area contributed by atoms with Crippen LogP contribution in [0.1, 0.15) is 39.5 Å². The Morgan fingerprint density at radius 1 is 1.33 bits per heavy atom. The second-order valence-corrected chi connectivity index (χ2v) is 3.61. The summed E-state index contributed by atoms with van der Waals surface area (Å²) in [6.07, 6.45) is 4.98. The third-order valence-electron chi connectivity index (χ3n) is 2.42. The van der Waals surface area contributed by atoms with Gasteiger partial charge in [-0.15, -0.1) is 0 Å². The smallest absolute Gasteiger partial charge is 0.00637 e. The fourth-order valence-electron chi connectivity index (χ4n) is 1.36. The minimum absolute atomic E-state index is 0.729. The Morgan fingerprint density at radius 2 is 2.00 bits per heavy atom. The van der Waals surface area contributed by atoms with Crippen molar-refractivity contribution in [1.29, 1.82) is 0 Å². The van der Waals surface area contributed by atoms with Gasteiger partial charge in [0.2, 0.25) is 0 Å². The van der Waals surface area contributed by atoms with Crippen molar-refractivity contribution in [2.45, 2.75) is 45.6 Å². The molecule has 2 nitrogen and oxygen atoms in total. The molecule has 0 saturated heterocycles. The van der Waals surface area contributed by atoms with Crippen LogP contribution < -0.4 is 5.73 Å². The van der Waals surface area contributed by atoms with E-state index < -0.39 is 0 Å². The zero-order chi connectivity index (χ0) is 9.40. The SMILES string of the molecule is CCCC(C)N(C)CCCCN. The number of hydrogen-bond acceptors (Lipinski definition) is 2. The van der Waals surface area contributed by atoms with Crippen LogP contribution in [0.5, 0.6) is 0 Å². The van der Waals surface area contributed by atoms with E-state index in [1.165, 1.54) is 25.8 Å². The Balaban J connectivity index is 3.35. The second kappa shape index (κ2) is 7.56. The maximum atomic E-state index is 5.43. The van der Waals surface area contributed by atoms with Gasteiger partial charge in [-0.05, 0) is 46.3 Å². The molecular formula is C10H24N2. The highest BCUT2D eigenvalue weighted by atomic mass is 15.1.